The number of fused-ring (bicyclic) bond motifs is 1. The highest BCUT2D eigenvalue weighted by Crippen LogP contribution is 2.30. The van der Waals surface area contributed by atoms with Crippen LogP contribution in [0.2, 0.25) is 0 Å². The molecule has 0 unspecified atom stereocenters. The van der Waals surface area contributed by atoms with Gasteiger partial charge in [0.1, 0.15) is 17.9 Å². The molecule has 158 valence electrons. The molecule has 0 aliphatic carbocycles. The van der Waals surface area contributed by atoms with E-state index in [0.717, 1.165) is 33.9 Å². The van der Waals surface area contributed by atoms with Gasteiger partial charge in [-0.1, -0.05) is 12.1 Å². The Morgan fingerprint density at radius 1 is 1.10 bits per heavy atom. The van der Waals surface area contributed by atoms with Gasteiger partial charge in [0.2, 0.25) is 0 Å². The number of aromatic nitrogens is 3. The Kier molecular flexibility index (Phi) is 5.44. The summed E-state index contributed by atoms with van der Waals surface area (Å²) in [5, 5.41) is 19.7. The number of hydrogen-bond acceptors (Lipinski definition) is 6. The first kappa shape index (κ1) is 20.6. The van der Waals surface area contributed by atoms with Gasteiger partial charge in [0.05, 0.1) is 31.1 Å². The number of rotatable bonds is 7. The standard InChI is InChI=1S/C24H24N4O3/c1-24(2,30)15-28-13-20(12-26-28)17-5-6-18-11-25-23(10-19(18)9-17)27-21-7-4-16(14-29)8-22(21)31-3/h4-14,30H,15H2,1-3H3,(H,25,27). The van der Waals surface area contributed by atoms with Crippen molar-refractivity contribution >= 4 is 28.6 Å². The third-order valence-electron chi connectivity index (χ3n) is 4.86. The van der Waals surface area contributed by atoms with E-state index < -0.39 is 5.60 Å². The van der Waals surface area contributed by atoms with Gasteiger partial charge in [-0.25, -0.2) is 4.98 Å². The van der Waals surface area contributed by atoms with Crippen LogP contribution >= 0.6 is 0 Å². The first-order valence-electron chi connectivity index (χ1n) is 9.90. The van der Waals surface area contributed by atoms with Crippen LogP contribution in [0.5, 0.6) is 5.75 Å². The van der Waals surface area contributed by atoms with Crippen molar-refractivity contribution in [3.63, 3.8) is 0 Å². The molecule has 0 amide bonds. The molecule has 0 aliphatic rings. The van der Waals surface area contributed by atoms with Crippen molar-refractivity contribution in [3.8, 4) is 16.9 Å². The third kappa shape index (κ3) is 4.73. The number of nitrogens with one attached hydrogen (secondary N) is 1. The van der Waals surface area contributed by atoms with E-state index in [0.29, 0.717) is 23.7 Å². The molecule has 31 heavy (non-hydrogen) atoms. The summed E-state index contributed by atoms with van der Waals surface area (Å²) in [5.41, 5.74) is 2.44. The summed E-state index contributed by atoms with van der Waals surface area (Å²) in [6, 6.07) is 13.3. The van der Waals surface area contributed by atoms with E-state index in [1.165, 1.54) is 0 Å². The summed E-state index contributed by atoms with van der Waals surface area (Å²) in [4.78, 5) is 15.5. The summed E-state index contributed by atoms with van der Waals surface area (Å²) in [6.07, 6.45) is 6.32. The van der Waals surface area contributed by atoms with Gasteiger partial charge in [-0.3, -0.25) is 9.48 Å². The molecule has 2 N–H and O–H groups in total. The Hall–Kier alpha value is -3.71. The third-order valence-corrected chi connectivity index (χ3v) is 4.86. The lowest BCUT2D eigenvalue weighted by molar-refractivity contribution is 0.0577. The quantitative estimate of drug-likeness (QED) is 0.433. The molecule has 0 spiro atoms. The fourth-order valence-electron chi connectivity index (χ4n) is 3.41. The maximum atomic E-state index is 11.0. The van der Waals surface area contributed by atoms with Crippen LogP contribution in [0.4, 0.5) is 11.5 Å². The molecule has 0 bridgehead atoms. The second-order valence-corrected chi connectivity index (χ2v) is 8.07. The highest BCUT2D eigenvalue weighted by molar-refractivity contribution is 5.89. The van der Waals surface area contributed by atoms with Crippen LogP contribution in [0.3, 0.4) is 0 Å². The number of ether oxygens (including phenoxy) is 1. The number of carbonyl (C=O) groups excluding carboxylic acids is 1. The Labute approximate surface area is 180 Å². The van der Waals surface area contributed by atoms with Gasteiger partial charge in [-0.15, -0.1) is 0 Å². The summed E-state index contributed by atoms with van der Waals surface area (Å²) in [5.74, 6) is 1.24. The van der Waals surface area contributed by atoms with E-state index >= 15 is 0 Å². The molecule has 0 saturated heterocycles. The van der Waals surface area contributed by atoms with E-state index in [1.54, 1.807) is 50.0 Å². The van der Waals surface area contributed by atoms with Crippen molar-refractivity contribution in [2.45, 2.75) is 26.0 Å². The highest BCUT2D eigenvalue weighted by atomic mass is 16.5. The second kappa shape index (κ2) is 8.20. The zero-order chi connectivity index (χ0) is 22.0. The van der Waals surface area contributed by atoms with Crippen LogP contribution in [0.25, 0.3) is 21.9 Å². The predicted octanol–water partition coefficient (Wildman–Crippen LogP) is 4.43. The van der Waals surface area contributed by atoms with Crippen LogP contribution in [0.1, 0.15) is 24.2 Å². The molecule has 2 aromatic heterocycles. The minimum Gasteiger partial charge on any atom is -0.495 e. The highest BCUT2D eigenvalue weighted by Gasteiger charge is 2.14. The van der Waals surface area contributed by atoms with E-state index in [2.05, 4.69) is 21.5 Å². The van der Waals surface area contributed by atoms with Gasteiger partial charge in [0.15, 0.2) is 0 Å². The fraction of sp³-hybridized carbons (Fsp3) is 0.208. The number of nitrogens with zero attached hydrogens (tertiary/aromatic N) is 3. The Morgan fingerprint density at radius 2 is 1.94 bits per heavy atom. The molecule has 0 saturated carbocycles. The summed E-state index contributed by atoms with van der Waals surface area (Å²) in [7, 11) is 1.56. The zero-order valence-corrected chi connectivity index (χ0v) is 17.7. The maximum Gasteiger partial charge on any atom is 0.150 e. The van der Waals surface area contributed by atoms with E-state index in [1.807, 2.05) is 30.6 Å². The van der Waals surface area contributed by atoms with Gasteiger partial charge in [0.25, 0.3) is 0 Å². The summed E-state index contributed by atoms with van der Waals surface area (Å²) < 4.78 is 7.13. The molecule has 4 rings (SSSR count). The second-order valence-electron chi connectivity index (χ2n) is 8.07. The monoisotopic (exact) mass is 416 g/mol. The number of carbonyl (C=O) groups is 1. The number of anilines is 2. The van der Waals surface area contributed by atoms with Crippen molar-refractivity contribution in [2.75, 3.05) is 12.4 Å². The lowest BCUT2D eigenvalue weighted by Crippen LogP contribution is -2.26. The van der Waals surface area contributed by atoms with Crippen LogP contribution in [0.15, 0.2) is 61.1 Å². The molecule has 7 nitrogen and oxygen atoms in total. The summed E-state index contributed by atoms with van der Waals surface area (Å²) >= 11 is 0. The molecular formula is C24H24N4O3. The molecule has 7 heteroatoms. The summed E-state index contributed by atoms with van der Waals surface area (Å²) in [6.45, 7) is 3.93. The first-order chi connectivity index (χ1) is 14.8. The molecule has 0 atom stereocenters. The zero-order valence-electron chi connectivity index (χ0n) is 17.7. The van der Waals surface area contributed by atoms with E-state index in [9.17, 15) is 9.90 Å². The van der Waals surface area contributed by atoms with Crippen molar-refractivity contribution < 1.29 is 14.6 Å². The number of aliphatic hydroxyl groups is 1. The number of methoxy groups -OCH3 is 1. The lowest BCUT2D eigenvalue weighted by atomic mass is 10.0. The Bertz CT molecular complexity index is 1240. The minimum absolute atomic E-state index is 0.420. The molecule has 0 aliphatic heterocycles. The van der Waals surface area contributed by atoms with E-state index in [-0.39, 0.29) is 0 Å². The molecule has 2 heterocycles. The van der Waals surface area contributed by atoms with Gasteiger partial charge >= 0.3 is 0 Å². The molecule has 0 fully saturated rings. The van der Waals surface area contributed by atoms with Crippen LogP contribution in [-0.2, 0) is 6.54 Å². The van der Waals surface area contributed by atoms with Gasteiger partial charge < -0.3 is 15.2 Å². The number of pyridine rings is 1. The average molecular weight is 416 g/mol. The molecule has 4 aromatic rings. The van der Waals surface area contributed by atoms with Crippen LogP contribution in [0, 0.1) is 0 Å². The van der Waals surface area contributed by atoms with Gasteiger partial charge in [-0.2, -0.15) is 5.10 Å². The predicted molar refractivity (Wildman–Crippen MR) is 121 cm³/mol. The molecule has 0 radical (unpaired) electrons. The van der Waals surface area contributed by atoms with Crippen molar-refractivity contribution in [1.29, 1.82) is 0 Å². The van der Waals surface area contributed by atoms with E-state index in [4.69, 9.17) is 4.74 Å². The largest absolute Gasteiger partial charge is 0.495 e. The minimum atomic E-state index is -0.829. The first-order valence-corrected chi connectivity index (χ1v) is 9.90. The average Bonchev–Trinajstić information content (AvgIpc) is 3.20. The van der Waals surface area contributed by atoms with Crippen molar-refractivity contribution in [3.05, 3.63) is 66.6 Å². The number of aldehydes is 1. The topological polar surface area (TPSA) is 89.3 Å². The van der Waals surface area contributed by atoms with Crippen LogP contribution in [-0.4, -0.2) is 38.9 Å². The number of hydrogen-bond donors (Lipinski definition) is 2. The normalized spacial score (nSPS) is 11.5. The smallest absolute Gasteiger partial charge is 0.150 e. The fourth-order valence-corrected chi connectivity index (χ4v) is 3.41. The Morgan fingerprint density at radius 3 is 2.68 bits per heavy atom. The lowest BCUT2D eigenvalue weighted by Gasteiger charge is -2.16. The molecular weight excluding hydrogens is 392 g/mol. The van der Waals surface area contributed by atoms with Gasteiger partial charge in [-0.05, 0) is 55.1 Å². The maximum absolute atomic E-state index is 11.0. The SMILES string of the molecule is COc1cc(C=O)ccc1Nc1cc2cc(-c3cnn(CC(C)(C)O)c3)ccc2cn1. The Balaban J connectivity index is 1.63. The number of benzene rings is 2. The van der Waals surface area contributed by atoms with Crippen LogP contribution < -0.4 is 10.1 Å². The van der Waals surface area contributed by atoms with Gasteiger partial charge in [0, 0.05) is 28.9 Å². The van der Waals surface area contributed by atoms with Crippen molar-refractivity contribution in [1.82, 2.24) is 14.8 Å². The van der Waals surface area contributed by atoms with Crippen molar-refractivity contribution in [2.24, 2.45) is 0 Å². The molecule has 2 aromatic carbocycles.